The second-order valence-electron chi connectivity index (χ2n) is 5.68. The molecule has 3 aromatic rings. The Hall–Kier alpha value is -2.82. The van der Waals surface area contributed by atoms with Crippen molar-refractivity contribution >= 4 is 16.9 Å². The molecule has 0 aliphatic carbocycles. The van der Waals surface area contributed by atoms with E-state index in [-0.39, 0.29) is 11.9 Å². The monoisotopic (exact) mass is 323 g/mol. The summed E-state index contributed by atoms with van der Waals surface area (Å²) < 4.78 is 5.12. The van der Waals surface area contributed by atoms with Gasteiger partial charge < -0.3 is 15.0 Å². The fraction of sp³-hybridized carbons (Fsp3) is 0.263. The van der Waals surface area contributed by atoms with Crippen molar-refractivity contribution in [3.63, 3.8) is 0 Å². The third kappa shape index (κ3) is 3.40. The second-order valence-corrected chi connectivity index (χ2v) is 5.68. The van der Waals surface area contributed by atoms with Crippen LogP contribution < -0.4 is 10.1 Å². The largest absolute Gasteiger partial charge is 0.497 e. The van der Waals surface area contributed by atoms with Gasteiger partial charge >= 0.3 is 0 Å². The highest BCUT2D eigenvalue weighted by Gasteiger charge is 2.18. The minimum Gasteiger partial charge on any atom is -0.497 e. The minimum atomic E-state index is -0.142. The summed E-state index contributed by atoms with van der Waals surface area (Å²) in [6.45, 7) is 2.09. The number of carbonyl (C=O) groups excluding carboxylic acids is 1. The third-order valence-corrected chi connectivity index (χ3v) is 3.97. The standard InChI is InChI=1S/C19H21N3O2/c1-3-6-17(18-20-15-7-4-5-8-16(15)21-18)22-19(23)13-9-11-14(24-2)12-10-13/h4-5,7-12,17H,3,6H2,1-2H3,(H,20,21)(H,22,23). The number of nitrogens with one attached hydrogen (secondary N) is 2. The zero-order valence-corrected chi connectivity index (χ0v) is 13.9. The van der Waals surface area contributed by atoms with E-state index in [0.29, 0.717) is 5.56 Å². The molecule has 0 saturated carbocycles. The number of nitrogens with zero attached hydrogens (tertiary/aromatic N) is 1. The van der Waals surface area contributed by atoms with Crippen LogP contribution in [-0.2, 0) is 0 Å². The van der Waals surface area contributed by atoms with E-state index in [0.717, 1.165) is 35.4 Å². The molecule has 0 aliphatic heterocycles. The first kappa shape index (κ1) is 16.1. The maximum Gasteiger partial charge on any atom is 0.251 e. The van der Waals surface area contributed by atoms with Gasteiger partial charge in [0.15, 0.2) is 0 Å². The number of imidazole rings is 1. The molecule has 2 aromatic carbocycles. The number of amides is 1. The summed E-state index contributed by atoms with van der Waals surface area (Å²) in [5, 5.41) is 3.08. The number of para-hydroxylation sites is 2. The number of methoxy groups -OCH3 is 1. The number of carbonyl (C=O) groups is 1. The molecule has 2 N–H and O–H groups in total. The Kier molecular flexibility index (Phi) is 4.79. The Morgan fingerprint density at radius 3 is 2.62 bits per heavy atom. The molecule has 0 aliphatic rings. The highest BCUT2D eigenvalue weighted by atomic mass is 16.5. The summed E-state index contributed by atoms with van der Waals surface area (Å²) in [4.78, 5) is 20.4. The number of fused-ring (bicyclic) bond motifs is 1. The van der Waals surface area contributed by atoms with Crippen molar-refractivity contribution in [3.05, 3.63) is 59.9 Å². The molecular weight excluding hydrogens is 302 g/mol. The molecule has 1 atom stereocenters. The Bertz CT molecular complexity index is 791. The van der Waals surface area contributed by atoms with Gasteiger partial charge in [0.1, 0.15) is 11.6 Å². The average molecular weight is 323 g/mol. The summed E-state index contributed by atoms with van der Waals surface area (Å²) >= 11 is 0. The maximum absolute atomic E-state index is 12.5. The van der Waals surface area contributed by atoms with E-state index < -0.39 is 0 Å². The van der Waals surface area contributed by atoms with Crippen molar-refractivity contribution in [2.75, 3.05) is 7.11 Å². The van der Waals surface area contributed by atoms with Crippen molar-refractivity contribution < 1.29 is 9.53 Å². The second kappa shape index (κ2) is 7.17. The third-order valence-electron chi connectivity index (χ3n) is 3.97. The molecule has 1 heterocycles. The number of H-pyrrole nitrogens is 1. The molecule has 0 bridgehead atoms. The lowest BCUT2D eigenvalue weighted by molar-refractivity contribution is 0.0932. The number of aromatic nitrogens is 2. The van der Waals surface area contributed by atoms with Crippen LogP contribution in [0.1, 0.15) is 42.0 Å². The number of rotatable bonds is 6. The predicted molar refractivity (Wildman–Crippen MR) is 94.2 cm³/mol. The maximum atomic E-state index is 12.5. The summed E-state index contributed by atoms with van der Waals surface area (Å²) in [5.74, 6) is 1.41. The van der Waals surface area contributed by atoms with E-state index in [2.05, 4.69) is 22.2 Å². The summed E-state index contributed by atoms with van der Waals surface area (Å²) in [5.41, 5.74) is 2.49. The SMILES string of the molecule is CCCC(NC(=O)c1ccc(OC)cc1)c1nc2ccccc2[nH]1. The molecule has 0 spiro atoms. The first-order chi connectivity index (χ1) is 11.7. The van der Waals surface area contributed by atoms with Gasteiger partial charge in [-0.2, -0.15) is 0 Å². The topological polar surface area (TPSA) is 67.0 Å². The first-order valence-corrected chi connectivity index (χ1v) is 8.11. The van der Waals surface area contributed by atoms with Gasteiger partial charge in [-0.25, -0.2) is 4.98 Å². The highest BCUT2D eigenvalue weighted by Crippen LogP contribution is 2.20. The quantitative estimate of drug-likeness (QED) is 0.724. The highest BCUT2D eigenvalue weighted by molar-refractivity contribution is 5.94. The fourth-order valence-corrected chi connectivity index (χ4v) is 2.69. The molecule has 0 fully saturated rings. The molecule has 5 heteroatoms. The smallest absolute Gasteiger partial charge is 0.251 e. The number of hydrogen-bond donors (Lipinski definition) is 2. The van der Waals surface area contributed by atoms with Crippen LogP contribution >= 0.6 is 0 Å². The van der Waals surface area contributed by atoms with Gasteiger partial charge in [0, 0.05) is 5.56 Å². The van der Waals surface area contributed by atoms with Gasteiger partial charge in [-0.15, -0.1) is 0 Å². The zero-order chi connectivity index (χ0) is 16.9. The number of benzene rings is 2. The lowest BCUT2D eigenvalue weighted by atomic mass is 10.1. The number of hydrogen-bond acceptors (Lipinski definition) is 3. The van der Waals surface area contributed by atoms with Crippen LogP contribution in [0.15, 0.2) is 48.5 Å². The molecule has 1 amide bonds. The molecular formula is C19H21N3O2. The van der Waals surface area contributed by atoms with E-state index in [1.165, 1.54) is 0 Å². The van der Waals surface area contributed by atoms with Gasteiger partial charge in [0.25, 0.3) is 5.91 Å². The van der Waals surface area contributed by atoms with Crippen molar-refractivity contribution in [1.29, 1.82) is 0 Å². The van der Waals surface area contributed by atoms with Gasteiger partial charge in [-0.3, -0.25) is 4.79 Å². The Morgan fingerprint density at radius 1 is 1.21 bits per heavy atom. The minimum absolute atomic E-state index is 0.114. The summed E-state index contributed by atoms with van der Waals surface area (Å²) in [6.07, 6.45) is 1.77. The molecule has 3 rings (SSSR count). The molecule has 5 nitrogen and oxygen atoms in total. The Morgan fingerprint density at radius 2 is 1.96 bits per heavy atom. The van der Waals surface area contributed by atoms with Crippen LogP contribution in [0.4, 0.5) is 0 Å². The van der Waals surface area contributed by atoms with Gasteiger partial charge in [0.05, 0.1) is 24.2 Å². The zero-order valence-electron chi connectivity index (χ0n) is 13.9. The lowest BCUT2D eigenvalue weighted by Crippen LogP contribution is -2.29. The number of ether oxygens (including phenoxy) is 1. The molecule has 1 aromatic heterocycles. The van der Waals surface area contributed by atoms with E-state index in [1.807, 2.05) is 24.3 Å². The van der Waals surface area contributed by atoms with Crippen molar-refractivity contribution in [2.24, 2.45) is 0 Å². The summed E-state index contributed by atoms with van der Waals surface area (Å²) in [6, 6.07) is 14.8. The van der Waals surface area contributed by atoms with Crippen LogP contribution in [0.25, 0.3) is 11.0 Å². The van der Waals surface area contributed by atoms with Gasteiger partial charge in [-0.1, -0.05) is 25.5 Å². The van der Waals surface area contributed by atoms with Gasteiger partial charge in [0.2, 0.25) is 0 Å². The van der Waals surface area contributed by atoms with Crippen LogP contribution in [0.5, 0.6) is 5.75 Å². The fourth-order valence-electron chi connectivity index (χ4n) is 2.69. The molecule has 124 valence electrons. The van der Waals surface area contributed by atoms with Crippen LogP contribution in [0.2, 0.25) is 0 Å². The van der Waals surface area contributed by atoms with Crippen molar-refractivity contribution in [2.45, 2.75) is 25.8 Å². The Balaban J connectivity index is 1.80. The van der Waals surface area contributed by atoms with E-state index in [1.54, 1.807) is 31.4 Å². The number of aromatic amines is 1. The summed E-state index contributed by atoms with van der Waals surface area (Å²) in [7, 11) is 1.61. The van der Waals surface area contributed by atoms with E-state index in [9.17, 15) is 4.79 Å². The van der Waals surface area contributed by atoms with Crippen LogP contribution in [-0.4, -0.2) is 23.0 Å². The van der Waals surface area contributed by atoms with Crippen LogP contribution in [0, 0.1) is 0 Å². The van der Waals surface area contributed by atoms with Crippen molar-refractivity contribution in [3.8, 4) is 5.75 Å². The van der Waals surface area contributed by atoms with Gasteiger partial charge in [-0.05, 0) is 42.8 Å². The van der Waals surface area contributed by atoms with E-state index >= 15 is 0 Å². The Labute approximate surface area is 141 Å². The molecule has 1 unspecified atom stereocenters. The molecule has 0 radical (unpaired) electrons. The lowest BCUT2D eigenvalue weighted by Gasteiger charge is -2.16. The van der Waals surface area contributed by atoms with Crippen molar-refractivity contribution in [1.82, 2.24) is 15.3 Å². The van der Waals surface area contributed by atoms with E-state index in [4.69, 9.17) is 4.74 Å². The first-order valence-electron chi connectivity index (χ1n) is 8.11. The normalized spacial score (nSPS) is 12.1. The molecule has 0 saturated heterocycles. The molecule has 24 heavy (non-hydrogen) atoms. The average Bonchev–Trinajstić information content (AvgIpc) is 3.05. The van der Waals surface area contributed by atoms with Crippen LogP contribution in [0.3, 0.4) is 0 Å². The predicted octanol–water partition coefficient (Wildman–Crippen LogP) is 3.84.